The second-order valence-corrected chi connectivity index (χ2v) is 8.31. The minimum atomic E-state index is -0.245. The van der Waals surface area contributed by atoms with E-state index in [0.29, 0.717) is 5.78 Å². The van der Waals surface area contributed by atoms with Crippen molar-refractivity contribution >= 4 is 17.5 Å². The number of carbonyl (C=O) groups excluding carboxylic acids is 1. The maximum atomic E-state index is 13.3. The highest BCUT2D eigenvalue weighted by molar-refractivity contribution is 7.99. The maximum Gasteiger partial charge on any atom is 0.156 e. The fraction of sp³-hybridized carbons (Fsp3) is 0.941. The standard InChI is InChI=1S/C17H29NO2S/c1-3-16(2,18-8-4-5-9-18)15(19)14-6-10-20-17(12-14)7-11-21-13-17/h14H,3-13H2,1-2H3. The van der Waals surface area contributed by atoms with Crippen molar-refractivity contribution in [3.8, 4) is 0 Å². The molecule has 21 heavy (non-hydrogen) atoms. The molecule has 3 aliphatic rings. The molecule has 0 aromatic carbocycles. The van der Waals surface area contributed by atoms with Gasteiger partial charge in [0.25, 0.3) is 0 Å². The van der Waals surface area contributed by atoms with Gasteiger partial charge in [-0.15, -0.1) is 0 Å². The number of carbonyl (C=O) groups is 1. The second-order valence-electron chi connectivity index (χ2n) is 7.21. The zero-order valence-corrected chi connectivity index (χ0v) is 14.3. The number of rotatable bonds is 4. The Morgan fingerprint density at radius 1 is 1.43 bits per heavy atom. The molecule has 0 saturated carbocycles. The molecule has 0 aromatic heterocycles. The van der Waals surface area contributed by atoms with E-state index in [0.717, 1.165) is 51.1 Å². The minimum absolute atomic E-state index is 0.0168. The molecular weight excluding hydrogens is 282 g/mol. The molecule has 1 spiro atoms. The third kappa shape index (κ3) is 2.91. The van der Waals surface area contributed by atoms with Crippen LogP contribution in [0.3, 0.4) is 0 Å². The van der Waals surface area contributed by atoms with Crippen LogP contribution in [0.1, 0.15) is 52.4 Å². The molecule has 3 fully saturated rings. The summed E-state index contributed by atoms with van der Waals surface area (Å²) in [6.45, 7) is 7.33. The van der Waals surface area contributed by atoms with Gasteiger partial charge in [0.15, 0.2) is 5.78 Å². The van der Waals surface area contributed by atoms with Gasteiger partial charge in [0.2, 0.25) is 0 Å². The van der Waals surface area contributed by atoms with E-state index in [1.165, 1.54) is 18.6 Å². The first kappa shape index (κ1) is 15.8. The number of likely N-dealkylation sites (tertiary alicyclic amines) is 1. The van der Waals surface area contributed by atoms with Gasteiger partial charge in [0, 0.05) is 18.3 Å². The van der Waals surface area contributed by atoms with Gasteiger partial charge in [0.1, 0.15) is 0 Å². The van der Waals surface area contributed by atoms with Crippen molar-refractivity contribution in [1.82, 2.24) is 4.90 Å². The lowest BCUT2D eigenvalue weighted by Gasteiger charge is -2.43. The third-order valence-electron chi connectivity index (χ3n) is 5.95. The van der Waals surface area contributed by atoms with Crippen molar-refractivity contribution in [1.29, 1.82) is 0 Å². The summed E-state index contributed by atoms with van der Waals surface area (Å²) in [4.78, 5) is 15.7. The molecular formula is C17H29NO2S. The van der Waals surface area contributed by atoms with Crippen molar-refractivity contribution in [2.75, 3.05) is 31.2 Å². The average molecular weight is 311 g/mol. The SMILES string of the molecule is CCC(C)(C(=O)C1CCOC2(CCSC2)C1)N1CCCC1. The highest BCUT2D eigenvalue weighted by Gasteiger charge is 2.47. The van der Waals surface area contributed by atoms with Crippen LogP contribution in [0.4, 0.5) is 0 Å². The second kappa shape index (κ2) is 6.21. The molecule has 0 aromatic rings. The Hall–Kier alpha value is -0.0600. The molecule has 0 bridgehead atoms. The molecule has 3 heterocycles. The number of Topliss-reactive ketones (excluding diaryl/α,β-unsaturated/α-hetero) is 1. The van der Waals surface area contributed by atoms with Crippen LogP contribution >= 0.6 is 11.8 Å². The molecule has 0 N–H and O–H groups in total. The van der Waals surface area contributed by atoms with E-state index in [1.807, 2.05) is 11.8 Å². The summed E-state index contributed by atoms with van der Waals surface area (Å²) in [5.41, 5.74) is -0.228. The fourth-order valence-electron chi connectivity index (χ4n) is 4.32. The van der Waals surface area contributed by atoms with Gasteiger partial charge in [-0.2, -0.15) is 11.8 Å². The molecule has 3 nitrogen and oxygen atoms in total. The number of ether oxygens (including phenoxy) is 1. The summed E-state index contributed by atoms with van der Waals surface area (Å²) in [6.07, 6.45) is 6.45. The molecule has 3 unspecified atom stereocenters. The number of thioether (sulfide) groups is 1. The predicted octanol–water partition coefficient (Wildman–Crippen LogP) is 3.12. The summed E-state index contributed by atoms with van der Waals surface area (Å²) in [5.74, 6) is 2.98. The average Bonchev–Trinajstić information content (AvgIpc) is 3.18. The van der Waals surface area contributed by atoms with Gasteiger partial charge in [0.05, 0.1) is 11.1 Å². The van der Waals surface area contributed by atoms with Crippen LogP contribution < -0.4 is 0 Å². The van der Waals surface area contributed by atoms with Crippen LogP contribution in [0, 0.1) is 5.92 Å². The fourth-order valence-corrected chi connectivity index (χ4v) is 5.70. The van der Waals surface area contributed by atoms with Crippen LogP contribution in [0.5, 0.6) is 0 Å². The van der Waals surface area contributed by atoms with Crippen molar-refractivity contribution < 1.29 is 9.53 Å². The summed E-state index contributed by atoms with van der Waals surface area (Å²) >= 11 is 1.99. The zero-order chi connectivity index (χ0) is 14.9. The molecule has 0 aliphatic carbocycles. The first-order valence-corrected chi connectivity index (χ1v) is 9.76. The van der Waals surface area contributed by atoms with E-state index >= 15 is 0 Å². The Morgan fingerprint density at radius 2 is 2.19 bits per heavy atom. The van der Waals surface area contributed by atoms with Gasteiger partial charge in [-0.1, -0.05) is 6.92 Å². The van der Waals surface area contributed by atoms with Crippen LogP contribution in [-0.2, 0) is 9.53 Å². The Balaban J connectivity index is 1.73. The Labute approximate surface area is 133 Å². The molecule has 0 amide bonds. The van der Waals surface area contributed by atoms with Crippen molar-refractivity contribution in [3.05, 3.63) is 0 Å². The minimum Gasteiger partial charge on any atom is -0.374 e. The van der Waals surface area contributed by atoms with Gasteiger partial charge in [-0.3, -0.25) is 9.69 Å². The number of ketones is 1. The quantitative estimate of drug-likeness (QED) is 0.798. The van der Waals surface area contributed by atoms with Crippen molar-refractivity contribution in [2.45, 2.75) is 63.5 Å². The number of hydrogen-bond acceptors (Lipinski definition) is 4. The summed E-state index contributed by atoms with van der Waals surface area (Å²) in [5, 5.41) is 0. The summed E-state index contributed by atoms with van der Waals surface area (Å²) in [6, 6.07) is 0. The first-order chi connectivity index (χ1) is 10.1. The van der Waals surface area contributed by atoms with E-state index in [4.69, 9.17) is 4.74 Å². The summed E-state index contributed by atoms with van der Waals surface area (Å²) < 4.78 is 6.09. The van der Waals surface area contributed by atoms with Gasteiger partial charge in [-0.05, 0) is 64.3 Å². The maximum absolute atomic E-state index is 13.3. The molecule has 0 radical (unpaired) electrons. The normalized spacial score (nSPS) is 37.0. The van der Waals surface area contributed by atoms with Crippen LogP contribution in [0.25, 0.3) is 0 Å². The smallest absolute Gasteiger partial charge is 0.156 e. The highest BCUT2D eigenvalue weighted by atomic mass is 32.2. The number of hydrogen-bond donors (Lipinski definition) is 0. The van der Waals surface area contributed by atoms with Gasteiger partial charge in [-0.25, -0.2) is 0 Å². The monoisotopic (exact) mass is 311 g/mol. The third-order valence-corrected chi connectivity index (χ3v) is 7.18. The van der Waals surface area contributed by atoms with Crippen LogP contribution in [0.15, 0.2) is 0 Å². The summed E-state index contributed by atoms with van der Waals surface area (Å²) in [7, 11) is 0. The largest absolute Gasteiger partial charge is 0.374 e. The molecule has 3 saturated heterocycles. The Morgan fingerprint density at radius 3 is 2.81 bits per heavy atom. The lowest BCUT2D eigenvalue weighted by molar-refractivity contribution is -0.144. The molecule has 3 aliphatic heterocycles. The van der Waals surface area contributed by atoms with Crippen molar-refractivity contribution in [3.63, 3.8) is 0 Å². The highest BCUT2D eigenvalue weighted by Crippen LogP contribution is 2.42. The lowest BCUT2D eigenvalue weighted by Crippen LogP contribution is -2.55. The molecule has 3 rings (SSSR count). The topological polar surface area (TPSA) is 29.5 Å². The zero-order valence-electron chi connectivity index (χ0n) is 13.5. The van der Waals surface area contributed by atoms with E-state index in [2.05, 4.69) is 18.7 Å². The van der Waals surface area contributed by atoms with Crippen LogP contribution in [0.2, 0.25) is 0 Å². The number of nitrogens with zero attached hydrogens (tertiary/aromatic N) is 1. The predicted molar refractivity (Wildman–Crippen MR) is 87.9 cm³/mol. The molecule has 4 heteroatoms. The van der Waals surface area contributed by atoms with E-state index < -0.39 is 0 Å². The van der Waals surface area contributed by atoms with Gasteiger partial charge < -0.3 is 4.74 Å². The molecule has 120 valence electrons. The van der Waals surface area contributed by atoms with E-state index in [-0.39, 0.29) is 17.1 Å². The van der Waals surface area contributed by atoms with Crippen molar-refractivity contribution in [2.24, 2.45) is 5.92 Å². The molecule has 3 atom stereocenters. The lowest BCUT2D eigenvalue weighted by atomic mass is 9.75. The van der Waals surface area contributed by atoms with Crippen LogP contribution in [-0.4, -0.2) is 53.0 Å². The first-order valence-electron chi connectivity index (χ1n) is 8.61. The Bertz CT molecular complexity index is 388. The van der Waals surface area contributed by atoms with Gasteiger partial charge >= 0.3 is 0 Å². The van der Waals surface area contributed by atoms with E-state index in [9.17, 15) is 4.79 Å². The van der Waals surface area contributed by atoms with E-state index in [1.54, 1.807) is 0 Å². The Kier molecular flexibility index (Phi) is 4.68.